The average molecular weight is 261 g/mol. The van der Waals surface area contributed by atoms with Crippen LogP contribution in [0.1, 0.15) is 18.9 Å². The SMILES string of the molecule is CN(C)CCC(C)(C(=O)O)c1coc2ccccc12. The van der Waals surface area contributed by atoms with E-state index in [4.69, 9.17) is 4.42 Å². The van der Waals surface area contributed by atoms with Crippen molar-refractivity contribution >= 4 is 16.9 Å². The summed E-state index contributed by atoms with van der Waals surface area (Å²) in [6.45, 7) is 2.47. The molecule has 2 rings (SSSR count). The molecule has 19 heavy (non-hydrogen) atoms. The maximum absolute atomic E-state index is 11.7. The Morgan fingerprint density at radius 2 is 2.05 bits per heavy atom. The lowest BCUT2D eigenvalue weighted by Crippen LogP contribution is -2.35. The van der Waals surface area contributed by atoms with Crippen LogP contribution in [0.2, 0.25) is 0 Å². The second kappa shape index (κ2) is 5.05. The molecule has 2 aromatic rings. The van der Waals surface area contributed by atoms with Gasteiger partial charge in [0.05, 0.1) is 11.7 Å². The fourth-order valence-electron chi connectivity index (χ4n) is 2.21. The van der Waals surface area contributed by atoms with Gasteiger partial charge in [-0.15, -0.1) is 0 Å². The molecular formula is C15H19NO3. The van der Waals surface area contributed by atoms with Gasteiger partial charge in [-0.2, -0.15) is 0 Å². The van der Waals surface area contributed by atoms with Crippen molar-refractivity contribution < 1.29 is 14.3 Å². The highest BCUT2D eigenvalue weighted by molar-refractivity contribution is 5.90. The third-order valence-electron chi connectivity index (χ3n) is 3.61. The summed E-state index contributed by atoms with van der Waals surface area (Å²) in [5.74, 6) is -0.819. The molecule has 0 saturated carbocycles. The summed E-state index contributed by atoms with van der Waals surface area (Å²) >= 11 is 0. The summed E-state index contributed by atoms with van der Waals surface area (Å²) in [6.07, 6.45) is 2.12. The number of carboxylic acid groups (broad SMARTS) is 1. The van der Waals surface area contributed by atoms with Crippen molar-refractivity contribution in [3.63, 3.8) is 0 Å². The fraction of sp³-hybridized carbons (Fsp3) is 0.400. The Morgan fingerprint density at radius 3 is 2.68 bits per heavy atom. The van der Waals surface area contributed by atoms with Gasteiger partial charge >= 0.3 is 5.97 Å². The number of furan rings is 1. The molecule has 102 valence electrons. The second-order valence-corrected chi connectivity index (χ2v) is 5.34. The van der Waals surface area contributed by atoms with Crippen LogP contribution in [0.4, 0.5) is 0 Å². The highest BCUT2D eigenvalue weighted by Crippen LogP contribution is 2.35. The minimum absolute atomic E-state index is 0.541. The summed E-state index contributed by atoms with van der Waals surface area (Å²) in [5.41, 5.74) is 0.545. The summed E-state index contributed by atoms with van der Waals surface area (Å²) in [7, 11) is 3.88. The van der Waals surface area contributed by atoms with Crippen molar-refractivity contribution in [2.75, 3.05) is 20.6 Å². The van der Waals surface area contributed by atoms with Crippen LogP contribution in [-0.4, -0.2) is 36.6 Å². The first kappa shape index (κ1) is 13.6. The summed E-state index contributed by atoms with van der Waals surface area (Å²) in [4.78, 5) is 13.7. The number of para-hydroxylation sites is 1. The largest absolute Gasteiger partial charge is 0.481 e. The normalized spacial score (nSPS) is 14.7. The maximum atomic E-state index is 11.7. The van der Waals surface area contributed by atoms with E-state index in [1.165, 1.54) is 0 Å². The van der Waals surface area contributed by atoms with Crippen LogP contribution in [0.5, 0.6) is 0 Å². The van der Waals surface area contributed by atoms with Gasteiger partial charge in [0.1, 0.15) is 5.58 Å². The van der Waals surface area contributed by atoms with Gasteiger partial charge in [0, 0.05) is 10.9 Å². The van der Waals surface area contributed by atoms with E-state index in [0.717, 1.165) is 16.5 Å². The number of fused-ring (bicyclic) bond motifs is 1. The molecular weight excluding hydrogens is 242 g/mol. The standard InChI is InChI=1S/C15H19NO3/c1-15(14(17)18,8-9-16(2)3)12-10-19-13-7-5-4-6-11(12)13/h4-7,10H,8-9H2,1-3H3,(H,17,18). The van der Waals surface area contributed by atoms with Gasteiger partial charge in [-0.25, -0.2) is 0 Å². The highest BCUT2D eigenvalue weighted by Gasteiger charge is 2.37. The minimum Gasteiger partial charge on any atom is -0.481 e. The molecule has 0 radical (unpaired) electrons. The predicted octanol–water partition coefficient (Wildman–Crippen LogP) is 2.73. The van der Waals surface area contributed by atoms with Crippen molar-refractivity contribution in [3.8, 4) is 0 Å². The zero-order valence-electron chi connectivity index (χ0n) is 11.5. The summed E-state index contributed by atoms with van der Waals surface area (Å²) in [6, 6.07) is 7.54. The number of rotatable bonds is 5. The van der Waals surface area contributed by atoms with Crippen molar-refractivity contribution in [3.05, 3.63) is 36.1 Å². The van der Waals surface area contributed by atoms with Crippen LogP contribution in [-0.2, 0) is 10.2 Å². The van der Waals surface area contributed by atoms with E-state index >= 15 is 0 Å². The number of aliphatic carboxylic acids is 1. The Hall–Kier alpha value is -1.81. The van der Waals surface area contributed by atoms with Crippen LogP contribution in [0.25, 0.3) is 11.0 Å². The molecule has 1 unspecified atom stereocenters. The molecule has 0 bridgehead atoms. The van der Waals surface area contributed by atoms with E-state index in [0.29, 0.717) is 13.0 Å². The van der Waals surface area contributed by atoms with E-state index in [1.807, 2.05) is 43.3 Å². The summed E-state index contributed by atoms with van der Waals surface area (Å²) < 4.78 is 5.48. The molecule has 0 saturated heterocycles. The van der Waals surface area contributed by atoms with E-state index in [-0.39, 0.29) is 0 Å². The van der Waals surface area contributed by atoms with Crippen LogP contribution in [0, 0.1) is 0 Å². The zero-order valence-corrected chi connectivity index (χ0v) is 11.5. The molecule has 1 aromatic carbocycles. The van der Waals surface area contributed by atoms with E-state index in [2.05, 4.69) is 0 Å². The molecule has 0 amide bonds. The fourth-order valence-corrected chi connectivity index (χ4v) is 2.21. The van der Waals surface area contributed by atoms with Gasteiger partial charge < -0.3 is 14.4 Å². The molecule has 0 spiro atoms. The summed E-state index contributed by atoms with van der Waals surface area (Å²) in [5, 5.41) is 10.5. The lowest BCUT2D eigenvalue weighted by molar-refractivity contribution is -0.143. The molecule has 4 heteroatoms. The van der Waals surface area contributed by atoms with Crippen LogP contribution in [0.15, 0.2) is 34.9 Å². The molecule has 0 fully saturated rings. The Morgan fingerprint density at radius 1 is 1.37 bits per heavy atom. The van der Waals surface area contributed by atoms with Gasteiger partial charge in [0.15, 0.2) is 0 Å². The highest BCUT2D eigenvalue weighted by atomic mass is 16.4. The van der Waals surface area contributed by atoms with Crippen molar-refractivity contribution in [1.82, 2.24) is 4.90 Å². The van der Waals surface area contributed by atoms with Crippen molar-refractivity contribution in [2.24, 2.45) is 0 Å². The Bertz CT molecular complexity index is 588. The molecule has 1 atom stereocenters. The Balaban J connectivity index is 2.46. The van der Waals surface area contributed by atoms with Crippen molar-refractivity contribution in [2.45, 2.75) is 18.8 Å². The van der Waals surface area contributed by atoms with Crippen LogP contribution < -0.4 is 0 Å². The number of carboxylic acids is 1. The van der Waals surface area contributed by atoms with Gasteiger partial charge in [-0.1, -0.05) is 18.2 Å². The molecule has 1 aromatic heterocycles. The Labute approximate surface area is 112 Å². The third-order valence-corrected chi connectivity index (χ3v) is 3.61. The lowest BCUT2D eigenvalue weighted by atomic mass is 9.79. The van der Waals surface area contributed by atoms with Crippen molar-refractivity contribution in [1.29, 1.82) is 0 Å². The molecule has 4 nitrogen and oxygen atoms in total. The number of carbonyl (C=O) groups is 1. The first-order valence-corrected chi connectivity index (χ1v) is 6.30. The van der Waals surface area contributed by atoms with Gasteiger partial charge in [-0.3, -0.25) is 4.79 Å². The van der Waals surface area contributed by atoms with Crippen LogP contribution in [0.3, 0.4) is 0 Å². The number of hydrogen-bond donors (Lipinski definition) is 1. The molecule has 1 heterocycles. The van der Waals surface area contributed by atoms with Gasteiger partial charge in [-0.05, 0) is 40.1 Å². The third kappa shape index (κ3) is 2.49. The lowest BCUT2D eigenvalue weighted by Gasteiger charge is -2.25. The topological polar surface area (TPSA) is 53.7 Å². The Kier molecular flexibility index (Phi) is 3.62. The monoisotopic (exact) mass is 261 g/mol. The average Bonchev–Trinajstić information content (AvgIpc) is 2.80. The number of nitrogens with zero attached hydrogens (tertiary/aromatic N) is 1. The first-order chi connectivity index (χ1) is 8.95. The van der Waals surface area contributed by atoms with E-state index in [9.17, 15) is 9.90 Å². The number of benzene rings is 1. The van der Waals surface area contributed by atoms with Gasteiger partial charge in [0.2, 0.25) is 0 Å². The second-order valence-electron chi connectivity index (χ2n) is 5.34. The van der Waals surface area contributed by atoms with Gasteiger partial charge in [0.25, 0.3) is 0 Å². The quantitative estimate of drug-likeness (QED) is 0.899. The maximum Gasteiger partial charge on any atom is 0.314 e. The number of hydrogen-bond acceptors (Lipinski definition) is 3. The zero-order chi connectivity index (χ0) is 14.0. The predicted molar refractivity (Wildman–Crippen MR) is 74.4 cm³/mol. The minimum atomic E-state index is -0.934. The van der Waals surface area contributed by atoms with E-state index < -0.39 is 11.4 Å². The molecule has 1 N–H and O–H groups in total. The molecule has 0 aliphatic rings. The first-order valence-electron chi connectivity index (χ1n) is 6.30. The molecule has 0 aliphatic heterocycles. The smallest absolute Gasteiger partial charge is 0.314 e. The van der Waals surface area contributed by atoms with Crippen LogP contribution >= 0.6 is 0 Å². The molecule has 0 aliphatic carbocycles. The van der Waals surface area contributed by atoms with E-state index in [1.54, 1.807) is 13.2 Å².